The average molecular weight is 349 g/mol. The summed E-state index contributed by atoms with van der Waals surface area (Å²) < 4.78 is 5.46. The number of benzene rings is 1. The summed E-state index contributed by atoms with van der Waals surface area (Å²) in [5, 5.41) is 21.6. The average Bonchev–Trinajstić information content (AvgIpc) is 2.34. The van der Waals surface area contributed by atoms with Crippen LogP contribution in [0.15, 0.2) is 24.3 Å². The molecule has 21 heavy (non-hydrogen) atoms. The van der Waals surface area contributed by atoms with Crippen LogP contribution >= 0.6 is 34.8 Å². The first-order valence-corrected chi connectivity index (χ1v) is 6.73. The number of hydrogen-bond acceptors (Lipinski definition) is 3. The number of carboxylic acid groups (broad SMARTS) is 1. The highest BCUT2D eigenvalue weighted by Gasteiger charge is 2.26. The predicted molar refractivity (Wildman–Crippen MR) is 78.6 cm³/mol. The van der Waals surface area contributed by atoms with Gasteiger partial charge >= 0.3 is 17.5 Å². The van der Waals surface area contributed by atoms with Gasteiger partial charge < -0.3 is 15.1 Å². The van der Waals surface area contributed by atoms with Crippen LogP contribution in [0.2, 0.25) is 15.1 Å². The fourth-order valence-corrected chi connectivity index (χ4v) is 2.37. The van der Waals surface area contributed by atoms with E-state index in [9.17, 15) is 10.0 Å². The summed E-state index contributed by atoms with van der Waals surface area (Å²) in [5.74, 6) is -1.49. The summed E-state index contributed by atoms with van der Waals surface area (Å²) in [7, 11) is 0. The molecule has 1 aromatic heterocycles. The number of carbonyl (C=O) groups is 1. The highest BCUT2D eigenvalue weighted by molar-refractivity contribution is 6.35. The third-order valence-corrected chi connectivity index (χ3v) is 3.47. The van der Waals surface area contributed by atoms with Gasteiger partial charge in [-0.1, -0.05) is 34.8 Å². The smallest absolute Gasteiger partial charge is 0.404 e. The summed E-state index contributed by atoms with van der Waals surface area (Å²) in [5.41, 5.74) is -0.218. The zero-order valence-corrected chi connectivity index (χ0v) is 12.8. The molecule has 0 spiro atoms. The van der Waals surface area contributed by atoms with E-state index >= 15 is 0 Å². The van der Waals surface area contributed by atoms with Crippen molar-refractivity contribution >= 4 is 40.8 Å². The molecule has 0 aliphatic carbocycles. The lowest BCUT2D eigenvalue weighted by atomic mass is 10.2. The van der Waals surface area contributed by atoms with Crippen LogP contribution in [0.4, 0.5) is 0 Å². The molecule has 0 aliphatic heterocycles. The number of pyridine rings is 1. The number of ether oxygens (including phenoxy) is 1. The molecule has 0 unspecified atom stereocenters. The van der Waals surface area contributed by atoms with Crippen LogP contribution in [0.25, 0.3) is 0 Å². The van der Waals surface area contributed by atoms with Crippen molar-refractivity contribution in [3.05, 3.63) is 55.8 Å². The molecule has 2 rings (SSSR count). The lowest BCUT2D eigenvalue weighted by Crippen LogP contribution is -2.37. The van der Waals surface area contributed by atoms with Gasteiger partial charge in [0.2, 0.25) is 0 Å². The van der Waals surface area contributed by atoms with E-state index in [0.717, 1.165) is 0 Å². The number of aromatic nitrogens is 1. The van der Waals surface area contributed by atoms with Crippen LogP contribution in [0, 0.1) is 12.1 Å². The molecule has 0 atom stereocenters. The van der Waals surface area contributed by atoms with Gasteiger partial charge in [-0.2, -0.15) is 0 Å². The Balaban J connectivity index is 2.52. The summed E-state index contributed by atoms with van der Waals surface area (Å²) in [6.07, 6.45) is 0. The van der Waals surface area contributed by atoms with E-state index in [1.54, 1.807) is 6.92 Å². The van der Waals surface area contributed by atoms with E-state index < -0.39 is 11.7 Å². The van der Waals surface area contributed by atoms with Crippen LogP contribution in [0.5, 0.6) is 11.6 Å². The minimum Gasteiger partial charge on any atom is -0.615 e. The van der Waals surface area contributed by atoms with Gasteiger partial charge in [-0.25, -0.2) is 4.79 Å². The second kappa shape index (κ2) is 5.97. The zero-order chi connectivity index (χ0) is 15.7. The standard InChI is InChI=1S/C13H8Cl3NO4/c1-6-2-10(17(20)12(11(6)16)13(18)19)21-9-4-7(14)3-8(15)5-9/h2-5H,1H3,(H,18,19). The van der Waals surface area contributed by atoms with Crippen LogP contribution in [-0.2, 0) is 0 Å². The highest BCUT2D eigenvalue weighted by atomic mass is 35.5. The summed E-state index contributed by atoms with van der Waals surface area (Å²) in [6, 6.07) is 5.71. The first-order chi connectivity index (χ1) is 9.79. The molecule has 0 saturated carbocycles. The van der Waals surface area contributed by atoms with Crippen molar-refractivity contribution in [1.82, 2.24) is 0 Å². The maximum Gasteiger partial charge on any atom is 0.404 e. The monoisotopic (exact) mass is 347 g/mol. The zero-order valence-electron chi connectivity index (χ0n) is 10.6. The van der Waals surface area contributed by atoms with Crippen molar-refractivity contribution in [3.63, 3.8) is 0 Å². The van der Waals surface area contributed by atoms with Gasteiger partial charge in [-0.3, -0.25) is 0 Å². The molecular weight excluding hydrogens is 341 g/mol. The van der Waals surface area contributed by atoms with Gasteiger partial charge in [0.25, 0.3) is 0 Å². The number of aromatic carboxylic acids is 1. The Labute approximate surface area is 134 Å². The largest absolute Gasteiger partial charge is 0.615 e. The molecule has 2 aromatic rings. The Morgan fingerprint density at radius 2 is 1.76 bits per heavy atom. The predicted octanol–water partition coefficient (Wildman–Crippen LogP) is 4.08. The number of hydrogen-bond donors (Lipinski definition) is 1. The Hall–Kier alpha value is -1.69. The first-order valence-electron chi connectivity index (χ1n) is 5.59. The SMILES string of the molecule is Cc1cc(Oc2cc(Cl)cc(Cl)c2)[n+]([O-])c(C(=O)O)c1Cl. The lowest BCUT2D eigenvalue weighted by molar-refractivity contribution is -0.614. The maximum atomic E-state index is 12.0. The second-order valence-electron chi connectivity index (χ2n) is 4.13. The van der Waals surface area contributed by atoms with E-state index in [-0.39, 0.29) is 21.4 Å². The number of rotatable bonds is 3. The normalized spacial score (nSPS) is 10.5. The number of aryl methyl sites for hydroxylation is 1. The molecule has 110 valence electrons. The molecule has 0 bridgehead atoms. The number of nitrogens with zero attached hydrogens (tertiary/aromatic N) is 1. The second-order valence-corrected chi connectivity index (χ2v) is 5.39. The van der Waals surface area contributed by atoms with Crippen LogP contribution in [0.3, 0.4) is 0 Å². The molecule has 1 heterocycles. The van der Waals surface area contributed by atoms with Gasteiger partial charge in [0.1, 0.15) is 10.8 Å². The fourth-order valence-electron chi connectivity index (χ4n) is 1.65. The molecule has 1 aromatic carbocycles. The molecule has 8 heteroatoms. The molecule has 0 fully saturated rings. The van der Waals surface area contributed by atoms with Gasteiger partial charge in [0.15, 0.2) is 0 Å². The summed E-state index contributed by atoms with van der Waals surface area (Å²) >= 11 is 17.5. The van der Waals surface area contributed by atoms with Gasteiger partial charge in [-0.05, 0) is 30.7 Å². The quantitative estimate of drug-likeness (QED) is 0.670. The van der Waals surface area contributed by atoms with Crippen molar-refractivity contribution in [2.75, 3.05) is 0 Å². The maximum absolute atomic E-state index is 12.0. The van der Waals surface area contributed by atoms with Crippen LogP contribution in [0.1, 0.15) is 16.1 Å². The van der Waals surface area contributed by atoms with E-state index in [0.29, 0.717) is 15.6 Å². The Morgan fingerprint density at radius 1 is 1.19 bits per heavy atom. The lowest BCUT2D eigenvalue weighted by Gasteiger charge is -2.11. The van der Waals surface area contributed by atoms with E-state index in [4.69, 9.17) is 44.6 Å². The summed E-state index contributed by atoms with van der Waals surface area (Å²) in [4.78, 5) is 11.1. The van der Waals surface area contributed by atoms with Crippen molar-refractivity contribution in [1.29, 1.82) is 0 Å². The summed E-state index contributed by atoms with van der Waals surface area (Å²) in [6.45, 7) is 1.56. The molecule has 0 aliphatic rings. The molecule has 0 radical (unpaired) electrons. The minimum atomic E-state index is -1.45. The van der Waals surface area contributed by atoms with E-state index in [2.05, 4.69) is 0 Å². The van der Waals surface area contributed by atoms with Crippen LogP contribution < -0.4 is 9.47 Å². The van der Waals surface area contributed by atoms with E-state index in [1.165, 1.54) is 24.3 Å². The number of carboxylic acids is 1. The highest BCUT2D eigenvalue weighted by Crippen LogP contribution is 2.29. The van der Waals surface area contributed by atoms with Crippen molar-refractivity contribution in [2.24, 2.45) is 0 Å². The first kappa shape index (κ1) is 15.7. The van der Waals surface area contributed by atoms with Crippen molar-refractivity contribution < 1.29 is 19.4 Å². The fraction of sp³-hybridized carbons (Fsp3) is 0.0769. The van der Waals surface area contributed by atoms with Crippen molar-refractivity contribution in [2.45, 2.75) is 6.92 Å². The Morgan fingerprint density at radius 3 is 2.29 bits per heavy atom. The molecule has 0 saturated heterocycles. The van der Waals surface area contributed by atoms with Gasteiger partial charge in [0, 0.05) is 10.0 Å². The Bertz CT molecular complexity index is 714. The Kier molecular flexibility index (Phi) is 4.46. The third-order valence-electron chi connectivity index (χ3n) is 2.56. The van der Waals surface area contributed by atoms with Crippen molar-refractivity contribution in [3.8, 4) is 11.6 Å². The number of halogens is 3. The van der Waals surface area contributed by atoms with Gasteiger partial charge in [-0.15, -0.1) is 4.73 Å². The minimum absolute atomic E-state index is 0.104. The molecule has 0 amide bonds. The topological polar surface area (TPSA) is 73.5 Å². The molecule has 5 nitrogen and oxygen atoms in total. The third kappa shape index (κ3) is 3.32. The van der Waals surface area contributed by atoms with E-state index in [1.807, 2.05) is 0 Å². The molecular formula is C13H8Cl3NO4. The molecule has 1 N–H and O–H groups in total. The van der Waals surface area contributed by atoms with Crippen LogP contribution in [-0.4, -0.2) is 11.1 Å². The van der Waals surface area contributed by atoms with Gasteiger partial charge in [0.05, 0.1) is 6.07 Å².